The summed E-state index contributed by atoms with van der Waals surface area (Å²) in [4.78, 5) is 18.7. The Morgan fingerprint density at radius 1 is 0.939 bits per heavy atom. The number of fused-ring (bicyclic) bond motifs is 4. The maximum atomic E-state index is 13.3. The number of aliphatic hydroxyl groups is 1. The average Bonchev–Trinajstić information content (AvgIpc) is 3.30. The lowest BCUT2D eigenvalue weighted by Gasteiger charge is -2.25. The van der Waals surface area contributed by atoms with Crippen LogP contribution in [0.4, 0.5) is 0 Å². The van der Waals surface area contributed by atoms with Crippen LogP contribution in [-0.4, -0.2) is 14.7 Å². The van der Waals surface area contributed by atoms with Crippen molar-refractivity contribution in [2.75, 3.05) is 0 Å². The monoisotopic (exact) mass is 512 g/mol. The summed E-state index contributed by atoms with van der Waals surface area (Å²) in [7, 11) is 0. The largest absolute Gasteiger partial charge is 0.507 e. The summed E-state index contributed by atoms with van der Waals surface area (Å²) >= 11 is 4.98. The number of hydrogen-bond acceptors (Lipinski definition) is 4. The van der Waals surface area contributed by atoms with Crippen molar-refractivity contribution in [2.45, 2.75) is 6.54 Å². The highest BCUT2D eigenvalue weighted by molar-refractivity contribution is 9.10. The van der Waals surface area contributed by atoms with Gasteiger partial charge in [-0.05, 0) is 28.8 Å². The third kappa shape index (κ3) is 3.25. The van der Waals surface area contributed by atoms with Crippen LogP contribution < -0.4 is 5.56 Å². The molecule has 0 bridgehead atoms. The molecule has 0 atom stereocenters. The molecular formula is C27H17BrN2O2S. The fourth-order valence-electron chi connectivity index (χ4n) is 4.41. The summed E-state index contributed by atoms with van der Waals surface area (Å²) in [6, 6.07) is 25.4. The lowest BCUT2D eigenvalue weighted by atomic mass is 9.92. The van der Waals surface area contributed by atoms with E-state index in [1.54, 1.807) is 0 Å². The highest BCUT2D eigenvalue weighted by Crippen LogP contribution is 2.39. The van der Waals surface area contributed by atoms with Crippen molar-refractivity contribution in [3.8, 4) is 11.1 Å². The molecule has 160 valence electrons. The molecule has 0 radical (unpaired) electrons. The van der Waals surface area contributed by atoms with Gasteiger partial charge >= 0.3 is 0 Å². The summed E-state index contributed by atoms with van der Waals surface area (Å²) in [5.74, 6) is 0.600. The lowest BCUT2D eigenvalue weighted by molar-refractivity contribution is 0.512. The van der Waals surface area contributed by atoms with E-state index in [1.165, 1.54) is 11.3 Å². The Balaban J connectivity index is 1.67. The Morgan fingerprint density at radius 2 is 1.67 bits per heavy atom. The first-order valence-corrected chi connectivity index (χ1v) is 12.1. The standard InChI is InChI=1S/C27H17BrN2O2S/c28-19-12-10-17(11-13-19)24(31)22-20-9-5-4-8-18(20)14-30-25(22)29-26(32)23-21(15-33-27(23)30)16-6-2-1-3-7-16/h1-13,15,31H,14H2/b24-22-. The van der Waals surface area contributed by atoms with Crippen molar-refractivity contribution in [1.29, 1.82) is 0 Å². The molecule has 5 aromatic rings. The summed E-state index contributed by atoms with van der Waals surface area (Å²) in [5, 5.41) is 14.0. The fourth-order valence-corrected chi connectivity index (χ4v) is 5.75. The van der Waals surface area contributed by atoms with Crippen LogP contribution >= 0.6 is 27.3 Å². The van der Waals surface area contributed by atoms with Gasteiger partial charge in [0.05, 0.1) is 17.5 Å². The van der Waals surface area contributed by atoms with E-state index in [1.807, 2.05) is 78.2 Å². The summed E-state index contributed by atoms with van der Waals surface area (Å²) in [5.41, 5.74) is 4.82. The summed E-state index contributed by atoms with van der Waals surface area (Å²) < 4.78 is 2.98. The van der Waals surface area contributed by atoms with E-state index in [0.29, 0.717) is 28.9 Å². The lowest BCUT2D eigenvalue weighted by Crippen LogP contribution is -2.23. The molecule has 6 heteroatoms. The van der Waals surface area contributed by atoms with E-state index < -0.39 is 0 Å². The zero-order valence-electron chi connectivity index (χ0n) is 17.3. The molecule has 4 nitrogen and oxygen atoms in total. The first-order chi connectivity index (χ1) is 16.1. The smallest absolute Gasteiger partial charge is 0.282 e. The first-order valence-electron chi connectivity index (χ1n) is 10.5. The van der Waals surface area contributed by atoms with Crippen molar-refractivity contribution in [1.82, 2.24) is 9.55 Å². The predicted octanol–water partition coefficient (Wildman–Crippen LogP) is 6.72. The van der Waals surface area contributed by atoms with Gasteiger partial charge in [0.2, 0.25) is 0 Å². The van der Waals surface area contributed by atoms with Crippen molar-refractivity contribution in [3.05, 3.63) is 122 Å². The Hall–Kier alpha value is -3.48. The van der Waals surface area contributed by atoms with Crippen LogP contribution in [0.1, 0.15) is 22.5 Å². The maximum Gasteiger partial charge on any atom is 0.282 e. The van der Waals surface area contributed by atoms with Gasteiger partial charge in [-0.15, -0.1) is 11.3 Å². The number of aliphatic hydroxyl groups excluding tert-OH is 1. The highest BCUT2D eigenvalue weighted by atomic mass is 79.9. The fraction of sp³-hybridized carbons (Fsp3) is 0.0370. The van der Waals surface area contributed by atoms with Crippen LogP contribution in [0.15, 0.2) is 93.5 Å². The summed E-state index contributed by atoms with van der Waals surface area (Å²) in [6.07, 6.45) is 0. The Bertz CT molecular complexity index is 1620. The minimum absolute atomic E-state index is 0.106. The van der Waals surface area contributed by atoms with Gasteiger partial charge in [0.15, 0.2) is 0 Å². The van der Waals surface area contributed by atoms with E-state index in [-0.39, 0.29) is 11.3 Å². The molecule has 1 aliphatic heterocycles. The minimum atomic E-state index is -0.281. The van der Waals surface area contributed by atoms with Gasteiger partial charge in [-0.2, -0.15) is 4.98 Å². The van der Waals surface area contributed by atoms with Crippen molar-refractivity contribution in [3.63, 3.8) is 0 Å². The second-order valence-corrected chi connectivity index (χ2v) is 9.68. The van der Waals surface area contributed by atoms with Gasteiger partial charge in [-0.25, -0.2) is 0 Å². The molecule has 0 aliphatic carbocycles. The molecule has 2 aromatic heterocycles. The van der Waals surface area contributed by atoms with Crippen LogP contribution in [0.3, 0.4) is 0 Å². The van der Waals surface area contributed by atoms with E-state index in [2.05, 4.69) is 31.5 Å². The number of nitrogens with zero attached hydrogens (tertiary/aromatic N) is 2. The van der Waals surface area contributed by atoms with Gasteiger partial charge in [-0.1, -0.05) is 82.7 Å². The van der Waals surface area contributed by atoms with Gasteiger partial charge in [-0.3, -0.25) is 4.79 Å². The van der Waals surface area contributed by atoms with Gasteiger partial charge in [0.1, 0.15) is 16.4 Å². The second-order valence-electron chi connectivity index (χ2n) is 7.91. The van der Waals surface area contributed by atoms with Gasteiger partial charge in [0.25, 0.3) is 5.56 Å². The number of benzene rings is 3. The zero-order chi connectivity index (χ0) is 22.5. The second kappa shape index (κ2) is 7.83. The number of halogens is 1. The van der Waals surface area contributed by atoms with E-state index >= 15 is 0 Å². The molecule has 0 unspecified atom stereocenters. The van der Waals surface area contributed by atoms with Crippen molar-refractivity contribution in [2.24, 2.45) is 0 Å². The maximum absolute atomic E-state index is 13.3. The minimum Gasteiger partial charge on any atom is -0.507 e. The molecule has 1 aliphatic rings. The highest BCUT2D eigenvalue weighted by Gasteiger charge is 2.28. The normalized spacial score (nSPS) is 14.1. The topological polar surface area (TPSA) is 55.1 Å². The SMILES string of the molecule is O=c1nc2n(c3scc(-c4ccccc4)c13)Cc1ccccc1/C2=C(/O)c1ccc(Br)cc1. The molecular weight excluding hydrogens is 496 g/mol. The number of rotatable bonds is 2. The molecule has 0 saturated carbocycles. The Kier molecular flexibility index (Phi) is 4.78. The Labute approximate surface area is 202 Å². The predicted molar refractivity (Wildman–Crippen MR) is 138 cm³/mol. The quantitative estimate of drug-likeness (QED) is 0.262. The van der Waals surface area contributed by atoms with Crippen LogP contribution in [0.25, 0.3) is 32.7 Å². The molecule has 6 rings (SSSR count). The van der Waals surface area contributed by atoms with E-state index in [9.17, 15) is 9.90 Å². The van der Waals surface area contributed by atoms with E-state index in [4.69, 9.17) is 0 Å². The molecule has 0 fully saturated rings. The third-order valence-corrected chi connectivity index (χ3v) is 7.50. The molecule has 1 N–H and O–H groups in total. The van der Waals surface area contributed by atoms with Crippen LogP contribution in [0.2, 0.25) is 0 Å². The number of aromatic nitrogens is 2. The molecule has 0 spiro atoms. The third-order valence-electron chi connectivity index (χ3n) is 5.97. The Morgan fingerprint density at radius 3 is 2.45 bits per heavy atom. The van der Waals surface area contributed by atoms with E-state index in [0.717, 1.165) is 31.6 Å². The van der Waals surface area contributed by atoms with Crippen molar-refractivity contribution < 1.29 is 5.11 Å². The van der Waals surface area contributed by atoms with Crippen LogP contribution in [0.5, 0.6) is 0 Å². The molecule has 33 heavy (non-hydrogen) atoms. The first kappa shape index (κ1) is 20.1. The van der Waals surface area contributed by atoms with Crippen LogP contribution in [0, 0.1) is 0 Å². The van der Waals surface area contributed by atoms with Crippen LogP contribution in [-0.2, 0) is 6.54 Å². The molecule has 3 heterocycles. The number of hydrogen-bond donors (Lipinski definition) is 1. The molecule has 0 saturated heterocycles. The van der Waals surface area contributed by atoms with Gasteiger partial charge < -0.3 is 9.67 Å². The summed E-state index contributed by atoms with van der Waals surface area (Å²) in [6.45, 7) is 0.584. The van der Waals surface area contributed by atoms with Crippen molar-refractivity contribution >= 4 is 48.8 Å². The number of thiophene rings is 1. The molecule has 0 amide bonds. The average molecular weight is 513 g/mol. The zero-order valence-corrected chi connectivity index (χ0v) is 19.7. The molecule has 3 aromatic carbocycles. The van der Waals surface area contributed by atoms with Gasteiger partial charge in [0, 0.05) is 21.0 Å².